The molecule has 0 saturated carbocycles. The van der Waals surface area contributed by atoms with Gasteiger partial charge in [0.05, 0.1) is 0 Å². The Morgan fingerprint density at radius 3 is 1.54 bits per heavy atom. The topological polar surface area (TPSA) is 9.72 Å². The normalized spacial score (nSPS) is 13.0. The second-order valence-electron chi connectivity index (χ2n) is 8.56. The Morgan fingerprint density at radius 2 is 1.15 bits per heavy atom. The van der Waals surface area contributed by atoms with E-state index >= 15 is 0 Å². The SMILES string of the molecule is CC(C)N(C(C)C)[CH]([Po][c]1ccccc1CN(C)C)N(C(C)C)C(C)C. The van der Waals surface area contributed by atoms with Crippen LogP contribution >= 0.6 is 0 Å². The molecule has 150 valence electrons. The van der Waals surface area contributed by atoms with Crippen LogP contribution in [0.2, 0.25) is 0 Å². The second kappa shape index (κ2) is 11.1. The average Bonchev–Trinajstić information content (AvgIpc) is 2.47. The van der Waals surface area contributed by atoms with Crippen LogP contribution in [-0.4, -0.2) is 80.4 Å². The first-order chi connectivity index (χ1) is 12.1. The zero-order valence-corrected chi connectivity index (χ0v) is 21.8. The summed E-state index contributed by atoms with van der Waals surface area (Å²) in [5.74, 6) is 0. The molecular weight excluding hydrogens is 515 g/mol. The molecule has 4 heteroatoms. The third kappa shape index (κ3) is 6.86. The molecule has 0 radical (unpaired) electrons. The van der Waals surface area contributed by atoms with Crippen molar-refractivity contribution in [3.63, 3.8) is 0 Å². The van der Waals surface area contributed by atoms with Crippen LogP contribution in [0.5, 0.6) is 0 Å². The van der Waals surface area contributed by atoms with Gasteiger partial charge in [-0.25, -0.2) is 0 Å². The minimum absolute atomic E-state index is 0.556. The molecule has 0 bridgehead atoms. The zero-order valence-electron chi connectivity index (χ0n) is 18.7. The van der Waals surface area contributed by atoms with Gasteiger partial charge in [-0.3, -0.25) is 0 Å². The van der Waals surface area contributed by atoms with E-state index in [2.05, 4.69) is 108 Å². The maximum absolute atomic E-state index is 2.76. The van der Waals surface area contributed by atoms with Gasteiger partial charge in [0.15, 0.2) is 0 Å². The summed E-state index contributed by atoms with van der Waals surface area (Å²) in [6.45, 7) is 19.9. The molecule has 26 heavy (non-hydrogen) atoms. The van der Waals surface area contributed by atoms with Gasteiger partial charge in [0.1, 0.15) is 0 Å². The van der Waals surface area contributed by atoms with E-state index in [4.69, 9.17) is 0 Å². The van der Waals surface area contributed by atoms with Crippen molar-refractivity contribution in [3.8, 4) is 0 Å². The van der Waals surface area contributed by atoms with Gasteiger partial charge in [0.25, 0.3) is 0 Å². The van der Waals surface area contributed by atoms with E-state index in [-0.39, 0.29) is 0 Å². The van der Waals surface area contributed by atoms with Crippen molar-refractivity contribution in [1.82, 2.24) is 14.7 Å². The van der Waals surface area contributed by atoms with E-state index in [1.807, 2.05) is 0 Å². The van der Waals surface area contributed by atoms with Crippen LogP contribution in [0.15, 0.2) is 24.3 Å². The van der Waals surface area contributed by atoms with E-state index in [0.29, 0.717) is 28.0 Å². The van der Waals surface area contributed by atoms with Crippen molar-refractivity contribution in [2.45, 2.75) is 89.9 Å². The third-order valence-electron chi connectivity index (χ3n) is 4.59. The first-order valence-corrected chi connectivity index (χ1v) is 13.4. The van der Waals surface area contributed by atoms with E-state index in [9.17, 15) is 0 Å². The monoisotopic (exact) mass is 556 g/mol. The molecule has 0 spiro atoms. The molecule has 0 aliphatic rings. The van der Waals surface area contributed by atoms with Gasteiger partial charge in [-0.05, 0) is 0 Å². The van der Waals surface area contributed by atoms with E-state index < -0.39 is 23.6 Å². The molecular formula is C22H41N3Po. The molecule has 0 aromatic heterocycles. The first kappa shape index (κ1) is 24.0. The Hall–Kier alpha value is -0.00390. The number of nitrogens with zero attached hydrogens (tertiary/aromatic N) is 3. The molecule has 0 atom stereocenters. The third-order valence-corrected chi connectivity index (χ3v) is 9.83. The van der Waals surface area contributed by atoms with Gasteiger partial charge in [0, 0.05) is 0 Å². The summed E-state index contributed by atoms with van der Waals surface area (Å²) in [6, 6.07) is 11.4. The van der Waals surface area contributed by atoms with Gasteiger partial charge in [-0.15, -0.1) is 0 Å². The molecule has 0 aliphatic carbocycles. The van der Waals surface area contributed by atoms with Crippen molar-refractivity contribution < 1.29 is 0 Å². The number of benzene rings is 1. The van der Waals surface area contributed by atoms with E-state index in [1.165, 1.54) is 5.56 Å². The molecule has 0 N–H and O–H groups in total. The van der Waals surface area contributed by atoms with Crippen LogP contribution in [0, 0.1) is 0 Å². The number of rotatable bonds is 10. The Bertz CT molecular complexity index is 490. The van der Waals surface area contributed by atoms with Crippen LogP contribution in [0.1, 0.15) is 61.0 Å². The fourth-order valence-corrected chi connectivity index (χ4v) is 11.0. The molecule has 3 nitrogen and oxygen atoms in total. The van der Waals surface area contributed by atoms with E-state index in [0.717, 1.165) is 6.54 Å². The van der Waals surface area contributed by atoms with Crippen molar-refractivity contribution >= 4 is 26.8 Å². The van der Waals surface area contributed by atoms with Gasteiger partial charge < -0.3 is 0 Å². The predicted molar refractivity (Wildman–Crippen MR) is 117 cm³/mol. The Kier molecular flexibility index (Phi) is 10.3. The number of hydrogen-bond donors (Lipinski definition) is 0. The molecule has 0 amide bonds. The fourth-order valence-electron chi connectivity index (χ4n) is 3.69. The van der Waals surface area contributed by atoms with Gasteiger partial charge in [0.2, 0.25) is 0 Å². The van der Waals surface area contributed by atoms with Crippen molar-refractivity contribution in [2.24, 2.45) is 0 Å². The Morgan fingerprint density at radius 1 is 0.731 bits per heavy atom. The summed E-state index contributed by atoms with van der Waals surface area (Å²) < 4.78 is 2.21. The second-order valence-corrected chi connectivity index (χ2v) is 12.8. The summed E-state index contributed by atoms with van der Waals surface area (Å²) in [7, 11) is 4.34. The molecule has 0 saturated heterocycles. The molecule has 0 fully saturated rings. The van der Waals surface area contributed by atoms with E-state index in [1.54, 1.807) is 3.22 Å². The first-order valence-electron chi connectivity index (χ1n) is 10.00. The van der Waals surface area contributed by atoms with Crippen LogP contribution in [0.4, 0.5) is 0 Å². The molecule has 1 rings (SSSR count). The van der Waals surface area contributed by atoms with Crippen LogP contribution in [-0.2, 0) is 6.54 Å². The summed E-state index contributed by atoms with van der Waals surface area (Å²) in [5.41, 5.74) is 1.52. The molecule has 0 heterocycles. The van der Waals surface area contributed by atoms with Crippen LogP contribution in [0.3, 0.4) is 0 Å². The maximum atomic E-state index is 2.76. The minimum atomic E-state index is -0.825. The van der Waals surface area contributed by atoms with Crippen LogP contribution < -0.4 is 3.22 Å². The van der Waals surface area contributed by atoms with Crippen molar-refractivity contribution in [1.29, 1.82) is 0 Å². The van der Waals surface area contributed by atoms with Crippen molar-refractivity contribution in [2.75, 3.05) is 14.1 Å². The Balaban J connectivity index is 3.33. The van der Waals surface area contributed by atoms with Crippen LogP contribution in [0.25, 0.3) is 0 Å². The van der Waals surface area contributed by atoms with Gasteiger partial charge in [-0.2, -0.15) is 0 Å². The molecule has 1 aromatic carbocycles. The quantitative estimate of drug-likeness (QED) is 0.408. The molecule has 0 unspecified atom stereocenters. The van der Waals surface area contributed by atoms with Crippen molar-refractivity contribution in [3.05, 3.63) is 29.8 Å². The summed E-state index contributed by atoms with van der Waals surface area (Å²) in [5, 5.41) is 0. The summed E-state index contributed by atoms with van der Waals surface area (Å²) >= 11 is -0.825. The summed E-state index contributed by atoms with van der Waals surface area (Å²) in [4.78, 5) is 7.81. The fraction of sp³-hybridized carbons (Fsp3) is 0.727. The number of hydrogen-bond acceptors (Lipinski definition) is 3. The standard InChI is InChI=1S/C13H29N2.C9H12N.Po/c1-10(2)14(11(3)4)9-15(12(5)6)13(7)8;1-10(2)8-9-6-4-3-5-7-9;/h9-13H,1-8H3;3-6H,8H2,1-2H3;. The zero-order chi connectivity index (χ0) is 20.0. The molecule has 1 aromatic rings. The van der Waals surface area contributed by atoms with Gasteiger partial charge >= 0.3 is 175 Å². The van der Waals surface area contributed by atoms with Gasteiger partial charge in [-0.1, -0.05) is 0 Å². The predicted octanol–water partition coefficient (Wildman–Crippen LogP) is 3.60. The molecule has 0 aliphatic heterocycles. The average molecular weight is 557 g/mol. The summed E-state index contributed by atoms with van der Waals surface area (Å²) in [6.07, 6.45) is 0. The Labute approximate surface area is 174 Å².